The number of anilines is 1. The van der Waals surface area contributed by atoms with E-state index in [1.807, 2.05) is 32.8 Å². The van der Waals surface area contributed by atoms with Gasteiger partial charge in [-0.1, -0.05) is 12.1 Å². The van der Waals surface area contributed by atoms with Crippen molar-refractivity contribution >= 4 is 15.7 Å². The van der Waals surface area contributed by atoms with E-state index in [-0.39, 0.29) is 4.90 Å². The smallest absolute Gasteiger partial charge is 0.240 e. The Morgan fingerprint density at radius 1 is 0.929 bits per heavy atom. The Morgan fingerprint density at radius 2 is 1.57 bits per heavy atom. The van der Waals surface area contributed by atoms with Gasteiger partial charge < -0.3 is 14.4 Å². The summed E-state index contributed by atoms with van der Waals surface area (Å²) in [6.45, 7) is 5.01. The summed E-state index contributed by atoms with van der Waals surface area (Å²) >= 11 is 0. The van der Waals surface area contributed by atoms with Crippen LogP contribution in [0.25, 0.3) is 0 Å². The maximum absolute atomic E-state index is 12.6. The fraction of sp³-hybridized carbons (Fsp3) is 0.429. The van der Waals surface area contributed by atoms with Crippen molar-refractivity contribution in [2.75, 3.05) is 38.8 Å². The monoisotopic (exact) mass is 406 g/mol. The molecule has 2 aromatic rings. The zero-order valence-corrected chi connectivity index (χ0v) is 17.9. The molecule has 6 nitrogen and oxygen atoms in total. The lowest BCUT2D eigenvalue weighted by molar-refractivity contribution is 0.287. The van der Waals surface area contributed by atoms with Crippen LogP contribution in [0.3, 0.4) is 0 Å². The fourth-order valence-electron chi connectivity index (χ4n) is 2.74. The molecule has 2 aromatic carbocycles. The first-order valence-corrected chi connectivity index (χ1v) is 11.0. The van der Waals surface area contributed by atoms with Crippen LogP contribution in [0, 0.1) is 0 Å². The summed E-state index contributed by atoms with van der Waals surface area (Å²) in [5.74, 6) is 0.984. The van der Waals surface area contributed by atoms with Crippen molar-refractivity contribution in [1.29, 1.82) is 0 Å². The summed E-state index contributed by atoms with van der Waals surface area (Å²) in [6.07, 6.45) is 1.53. The van der Waals surface area contributed by atoms with Crippen LogP contribution in [-0.2, 0) is 16.4 Å². The van der Waals surface area contributed by atoms with Crippen molar-refractivity contribution in [3.63, 3.8) is 0 Å². The maximum Gasteiger partial charge on any atom is 0.240 e. The molecule has 0 bridgehead atoms. The molecule has 0 heterocycles. The number of hydrogen-bond donors (Lipinski definition) is 1. The highest BCUT2D eigenvalue weighted by molar-refractivity contribution is 7.89. The quantitative estimate of drug-likeness (QED) is 0.579. The first-order valence-electron chi connectivity index (χ1n) is 9.53. The van der Waals surface area contributed by atoms with Crippen LogP contribution >= 0.6 is 0 Å². The van der Waals surface area contributed by atoms with E-state index >= 15 is 0 Å². The minimum Gasteiger partial charge on any atom is -0.490 e. The van der Waals surface area contributed by atoms with Gasteiger partial charge >= 0.3 is 0 Å². The SMILES string of the molecule is CCOc1ccc(S(=O)(=O)NCCCc2ccc(N(C)C)cc2)cc1OCC. The molecule has 2 rings (SSSR count). The highest BCUT2D eigenvalue weighted by Crippen LogP contribution is 2.30. The van der Waals surface area contributed by atoms with E-state index in [0.717, 1.165) is 18.5 Å². The molecule has 154 valence electrons. The number of rotatable bonds is 11. The summed E-state index contributed by atoms with van der Waals surface area (Å²) in [5, 5.41) is 0. The van der Waals surface area contributed by atoms with E-state index < -0.39 is 10.0 Å². The molecule has 0 aliphatic carbocycles. The van der Waals surface area contributed by atoms with E-state index in [2.05, 4.69) is 29.0 Å². The molecule has 0 radical (unpaired) electrons. The first-order chi connectivity index (χ1) is 13.4. The van der Waals surface area contributed by atoms with Gasteiger partial charge in [0.2, 0.25) is 10.0 Å². The van der Waals surface area contributed by atoms with Gasteiger partial charge in [-0.2, -0.15) is 0 Å². The van der Waals surface area contributed by atoms with Gasteiger partial charge in [-0.05, 0) is 56.5 Å². The predicted molar refractivity (Wildman–Crippen MR) is 113 cm³/mol. The van der Waals surface area contributed by atoms with Crippen LogP contribution in [0.5, 0.6) is 11.5 Å². The summed E-state index contributed by atoms with van der Waals surface area (Å²) in [6, 6.07) is 13.0. The van der Waals surface area contributed by atoms with E-state index in [0.29, 0.717) is 31.3 Å². The third-order valence-electron chi connectivity index (χ3n) is 4.21. The van der Waals surface area contributed by atoms with Gasteiger partial charge in [0.05, 0.1) is 18.1 Å². The van der Waals surface area contributed by atoms with E-state index in [1.54, 1.807) is 6.07 Å². The number of nitrogens with zero attached hydrogens (tertiary/aromatic N) is 1. The molecule has 0 spiro atoms. The Hall–Kier alpha value is -2.25. The van der Waals surface area contributed by atoms with E-state index in [9.17, 15) is 8.42 Å². The molecule has 0 saturated heterocycles. The molecule has 0 fully saturated rings. The zero-order valence-electron chi connectivity index (χ0n) is 17.1. The molecular weight excluding hydrogens is 376 g/mol. The van der Waals surface area contributed by atoms with Gasteiger partial charge in [0.1, 0.15) is 0 Å². The summed E-state index contributed by atoms with van der Waals surface area (Å²) in [5.41, 5.74) is 2.33. The summed E-state index contributed by atoms with van der Waals surface area (Å²) in [4.78, 5) is 2.22. The van der Waals surface area contributed by atoms with Crippen molar-refractivity contribution in [3.8, 4) is 11.5 Å². The molecule has 0 amide bonds. The minimum atomic E-state index is -3.60. The average Bonchev–Trinajstić information content (AvgIpc) is 2.67. The van der Waals surface area contributed by atoms with Gasteiger partial charge in [0.25, 0.3) is 0 Å². The number of nitrogens with one attached hydrogen (secondary N) is 1. The molecule has 0 unspecified atom stereocenters. The van der Waals surface area contributed by atoms with E-state index in [1.165, 1.54) is 17.7 Å². The maximum atomic E-state index is 12.6. The molecular formula is C21H30N2O4S. The molecule has 0 atom stereocenters. The molecule has 0 saturated carbocycles. The number of sulfonamides is 1. The number of hydrogen-bond acceptors (Lipinski definition) is 5. The molecule has 0 aliphatic rings. The van der Waals surface area contributed by atoms with Crippen LogP contribution in [0.1, 0.15) is 25.8 Å². The lowest BCUT2D eigenvalue weighted by Crippen LogP contribution is -2.25. The van der Waals surface area contributed by atoms with Crippen molar-refractivity contribution in [2.24, 2.45) is 0 Å². The third kappa shape index (κ3) is 6.14. The molecule has 1 N–H and O–H groups in total. The van der Waals surface area contributed by atoms with Crippen LogP contribution in [-0.4, -0.2) is 42.3 Å². The van der Waals surface area contributed by atoms with Gasteiger partial charge in [0.15, 0.2) is 11.5 Å². The summed E-state index contributed by atoms with van der Waals surface area (Å²) in [7, 11) is 0.406. The van der Waals surface area contributed by atoms with Crippen molar-refractivity contribution in [3.05, 3.63) is 48.0 Å². The largest absolute Gasteiger partial charge is 0.490 e. The van der Waals surface area contributed by atoms with Crippen LogP contribution in [0.15, 0.2) is 47.4 Å². The second-order valence-electron chi connectivity index (χ2n) is 6.54. The number of ether oxygens (including phenoxy) is 2. The Labute approximate surface area is 168 Å². The van der Waals surface area contributed by atoms with Crippen molar-refractivity contribution < 1.29 is 17.9 Å². The average molecular weight is 407 g/mol. The molecule has 0 aliphatic heterocycles. The second-order valence-corrected chi connectivity index (χ2v) is 8.30. The third-order valence-corrected chi connectivity index (χ3v) is 5.67. The van der Waals surface area contributed by atoms with Gasteiger partial charge in [-0.15, -0.1) is 0 Å². The van der Waals surface area contributed by atoms with Gasteiger partial charge in [0, 0.05) is 32.4 Å². The normalized spacial score (nSPS) is 11.3. The van der Waals surface area contributed by atoms with Crippen molar-refractivity contribution in [2.45, 2.75) is 31.6 Å². The highest BCUT2D eigenvalue weighted by atomic mass is 32.2. The predicted octanol–water partition coefficient (Wildman–Crippen LogP) is 3.46. The van der Waals surface area contributed by atoms with Crippen LogP contribution in [0.4, 0.5) is 5.69 Å². The molecule has 7 heteroatoms. The van der Waals surface area contributed by atoms with Gasteiger partial charge in [-0.3, -0.25) is 0 Å². The Kier molecular flexibility index (Phi) is 8.14. The second kappa shape index (κ2) is 10.3. The van der Waals surface area contributed by atoms with Crippen LogP contribution < -0.4 is 19.1 Å². The first kappa shape index (κ1) is 22.0. The Bertz CT molecular complexity index is 849. The summed E-state index contributed by atoms with van der Waals surface area (Å²) < 4.78 is 38.8. The number of benzene rings is 2. The highest BCUT2D eigenvalue weighted by Gasteiger charge is 2.17. The van der Waals surface area contributed by atoms with E-state index in [4.69, 9.17) is 9.47 Å². The fourth-order valence-corrected chi connectivity index (χ4v) is 3.83. The lowest BCUT2D eigenvalue weighted by Gasteiger charge is -2.13. The Balaban J connectivity index is 1.95. The zero-order chi connectivity index (χ0) is 20.6. The van der Waals surface area contributed by atoms with Gasteiger partial charge in [-0.25, -0.2) is 13.1 Å². The molecule has 28 heavy (non-hydrogen) atoms. The minimum absolute atomic E-state index is 0.176. The lowest BCUT2D eigenvalue weighted by atomic mass is 10.1. The number of aryl methyl sites for hydroxylation is 1. The topological polar surface area (TPSA) is 67.9 Å². The molecule has 0 aromatic heterocycles. The Morgan fingerprint density at radius 3 is 2.18 bits per heavy atom. The van der Waals surface area contributed by atoms with Crippen LogP contribution in [0.2, 0.25) is 0 Å². The van der Waals surface area contributed by atoms with Crippen molar-refractivity contribution in [1.82, 2.24) is 4.72 Å². The standard InChI is InChI=1S/C21H30N2O4S/c1-5-26-20-14-13-19(16-21(20)27-6-2)28(24,25)22-15-7-8-17-9-11-18(12-10-17)23(3)4/h9-14,16,22H,5-8,15H2,1-4H3.